The van der Waals surface area contributed by atoms with E-state index in [-0.39, 0.29) is 5.97 Å². The number of ether oxygens (including phenoxy) is 1. The number of carbonyl (C=O) groups is 1. The first-order chi connectivity index (χ1) is 9.26. The van der Waals surface area contributed by atoms with Crippen LogP contribution in [0, 0.1) is 0 Å². The monoisotopic (exact) mass is 259 g/mol. The largest absolute Gasteiger partial charge is 0.466 e. The summed E-state index contributed by atoms with van der Waals surface area (Å²) in [5.74, 6) is 0.400. The minimum absolute atomic E-state index is 0.222. The fraction of sp³-hybridized carbons (Fsp3) is 0.438. The average Bonchev–Trinajstić information content (AvgIpc) is 3.23. The molecule has 0 saturated heterocycles. The molecule has 0 heterocycles. The van der Waals surface area contributed by atoms with Crippen LogP contribution in [0.25, 0.3) is 0 Å². The van der Waals surface area contributed by atoms with Crippen molar-refractivity contribution in [2.45, 2.75) is 31.7 Å². The number of hydrogen-bond donors (Lipinski definition) is 1. The Morgan fingerprint density at radius 3 is 2.79 bits per heavy atom. The quantitative estimate of drug-likeness (QED) is 0.630. The molecule has 102 valence electrons. The van der Waals surface area contributed by atoms with Crippen molar-refractivity contribution in [3.63, 3.8) is 0 Å². The lowest BCUT2D eigenvalue weighted by atomic mass is 10.1. The highest BCUT2D eigenvalue weighted by molar-refractivity contribution is 5.88. The van der Waals surface area contributed by atoms with Crippen molar-refractivity contribution in [3.05, 3.63) is 47.5 Å². The summed E-state index contributed by atoms with van der Waals surface area (Å²) in [7, 11) is 1.42. The maximum absolute atomic E-state index is 11.4. The molecule has 19 heavy (non-hydrogen) atoms. The molecule has 1 N–H and O–H groups in total. The normalized spacial score (nSPS) is 22.1. The van der Waals surface area contributed by atoms with Gasteiger partial charge >= 0.3 is 5.97 Å². The lowest BCUT2D eigenvalue weighted by Crippen LogP contribution is -2.19. The van der Waals surface area contributed by atoms with E-state index >= 15 is 0 Å². The van der Waals surface area contributed by atoms with Gasteiger partial charge < -0.3 is 10.1 Å². The fourth-order valence-corrected chi connectivity index (χ4v) is 2.33. The standard InChI is InChI=1S/C16H21NO2/c1-3-12(16(18)19-2)9-10-17-15-11-14(15)13-7-5-4-6-8-13/h4-9,14-15,17H,3,10-11H2,1-2H3/b12-9-. The molecule has 3 nitrogen and oxygen atoms in total. The minimum atomic E-state index is -0.222. The van der Waals surface area contributed by atoms with Gasteiger partial charge in [-0.05, 0) is 18.4 Å². The number of carbonyl (C=O) groups excluding carboxylic acids is 1. The summed E-state index contributed by atoms with van der Waals surface area (Å²) in [6.07, 6.45) is 3.82. The summed E-state index contributed by atoms with van der Waals surface area (Å²) in [6, 6.07) is 11.1. The van der Waals surface area contributed by atoms with E-state index in [1.165, 1.54) is 19.1 Å². The second kappa shape index (κ2) is 6.53. The highest BCUT2D eigenvalue weighted by Crippen LogP contribution is 2.40. The smallest absolute Gasteiger partial charge is 0.333 e. The number of methoxy groups -OCH3 is 1. The summed E-state index contributed by atoms with van der Waals surface area (Å²) in [4.78, 5) is 11.4. The van der Waals surface area contributed by atoms with Gasteiger partial charge in [-0.1, -0.05) is 43.3 Å². The third-order valence-electron chi connectivity index (χ3n) is 3.58. The summed E-state index contributed by atoms with van der Waals surface area (Å²) >= 11 is 0. The summed E-state index contributed by atoms with van der Waals surface area (Å²) < 4.78 is 4.73. The van der Waals surface area contributed by atoms with Crippen LogP contribution in [0.15, 0.2) is 42.0 Å². The molecule has 2 unspecified atom stereocenters. The zero-order chi connectivity index (χ0) is 13.7. The van der Waals surface area contributed by atoms with E-state index in [0.29, 0.717) is 18.4 Å². The Labute approximate surface area is 114 Å². The molecule has 1 aliphatic rings. The Morgan fingerprint density at radius 1 is 1.42 bits per heavy atom. The van der Waals surface area contributed by atoms with E-state index in [1.54, 1.807) is 0 Å². The first-order valence-electron chi connectivity index (χ1n) is 6.82. The molecule has 0 bridgehead atoms. The van der Waals surface area contributed by atoms with Crippen molar-refractivity contribution < 1.29 is 9.53 Å². The minimum Gasteiger partial charge on any atom is -0.466 e. The van der Waals surface area contributed by atoms with Crippen LogP contribution in [-0.4, -0.2) is 25.7 Å². The molecule has 2 atom stereocenters. The Kier molecular flexibility index (Phi) is 4.74. The second-order valence-corrected chi connectivity index (χ2v) is 4.84. The predicted molar refractivity (Wildman–Crippen MR) is 76.0 cm³/mol. The number of hydrogen-bond acceptors (Lipinski definition) is 3. The molecule has 1 fully saturated rings. The second-order valence-electron chi connectivity index (χ2n) is 4.84. The Balaban J connectivity index is 1.79. The van der Waals surface area contributed by atoms with Crippen LogP contribution in [-0.2, 0) is 9.53 Å². The molecular weight excluding hydrogens is 238 g/mol. The molecule has 2 rings (SSSR count). The molecule has 3 heteroatoms. The van der Waals surface area contributed by atoms with Crippen molar-refractivity contribution in [3.8, 4) is 0 Å². The summed E-state index contributed by atoms with van der Waals surface area (Å²) in [6.45, 7) is 2.69. The molecule has 1 aliphatic carbocycles. The van der Waals surface area contributed by atoms with Crippen LogP contribution < -0.4 is 5.32 Å². The SMILES string of the molecule is CC/C(=C/CNC1CC1c1ccccc1)C(=O)OC. The maximum Gasteiger partial charge on any atom is 0.333 e. The van der Waals surface area contributed by atoms with Crippen LogP contribution in [0.4, 0.5) is 0 Å². The zero-order valence-corrected chi connectivity index (χ0v) is 11.6. The van der Waals surface area contributed by atoms with Gasteiger partial charge in [-0.15, -0.1) is 0 Å². The number of esters is 1. The van der Waals surface area contributed by atoms with Crippen molar-refractivity contribution in [1.29, 1.82) is 0 Å². The van der Waals surface area contributed by atoms with E-state index < -0.39 is 0 Å². The zero-order valence-electron chi connectivity index (χ0n) is 11.6. The summed E-state index contributed by atoms with van der Waals surface area (Å²) in [5, 5.41) is 3.46. The van der Waals surface area contributed by atoms with Crippen LogP contribution in [0.1, 0.15) is 31.2 Å². The molecule has 0 aromatic heterocycles. The van der Waals surface area contributed by atoms with Gasteiger partial charge in [0.25, 0.3) is 0 Å². The third-order valence-corrected chi connectivity index (χ3v) is 3.58. The van der Waals surface area contributed by atoms with Crippen LogP contribution >= 0.6 is 0 Å². The van der Waals surface area contributed by atoms with Gasteiger partial charge in [-0.25, -0.2) is 4.79 Å². The van der Waals surface area contributed by atoms with Gasteiger partial charge in [0, 0.05) is 24.1 Å². The van der Waals surface area contributed by atoms with Gasteiger partial charge in [-0.3, -0.25) is 0 Å². The van der Waals surface area contributed by atoms with E-state index in [2.05, 4.69) is 29.6 Å². The third kappa shape index (κ3) is 3.67. The van der Waals surface area contributed by atoms with Crippen LogP contribution in [0.5, 0.6) is 0 Å². The topological polar surface area (TPSA) is 38.3 Å². The Hall–Kier alpha value is -1.61. The number of nitrogens with one attached hydrogen (secondary N) is 1. The fourth-order valence-electron chi connectivity index (χ4n) is 2.33. The van der Waals surface area contributed by atoms with E-state index in [4.69, 9.17) is 4.74 Å². The lowest BCUT2D eigenvalue weighted by molar-refractivity contribution is -0.136. The lowest BCUT2D eigenvalue weighted by Gasteiger charge is -2.04. The molecule has 0 spiro atoms. The first kappa shape index (κ1) is 13.8. The molecule has 1 aromatic carbocycles. The van der Waals surface area contributed by atoms with Gasteiger partial charge in [0.05, 0.1) is 7.11 Å². The molecule has 1 saturated carbocycles. The van der Waals surface area contributed by atoms with Gasteiger partial charge in [0.15, 0.2) is 0 Å². The van der Waals surface area contributed by atoms with Crippen LogP contribution in [0.3, 0.4) is 0 Å². The molecule has 0 aliphatic heterocycles. The van der Waals surface area contributed by atoms with Gasteiger partial charge in [0.2, 0.25) is 0 Å². The predicted octanol–water partition coefficient (Wildman–Crippen LogP) is 2.64. The van der Waals surface area contributed by atoms with E-state index in [9.17, 15) is 4.79 Å². The highest BCUT2D eigenvalue weighted by atomic mass is 16.5. The molecular formula is C16H21NO2. The van der Waals surface area contributed by atoms with Crippen LogP contribution in [0.2, 0.25) is 0 Å². The van der Waals surface area contributed by atoms with Crippen molar-refractivity contribution in [2.24, 2.45) is 0 Å². The van der Waals surface area contributed by atoms with Crippen molar-refractivity contribution in [2.75, 3.05) is 13.7 Å². The van der Waals surface area contributed by atoms with Gasteiger partial charge in [-0.2, -0.15) is 0 Å². The Morgan fingerprint density at radius 2 is 2.16 bits per heavy atom. The van der Waals surface area contributed by atoms with Gasteiger partial charge in [0.1, 0.15) is 0 Å². The Bertz CT molecular complexity index is 453. The molecule has 0 radical (unpaired) electrons. The van der Waals surface area contributed by atoms with E-state index in [1.807, 2.05) is 19.1 Å². The number of benzene rings is 1. The average molecular weight is 259 g/mol. The van der Waals surface area contributed by atoms with Crippen molar-refractivity contribution in [1.82, 2.24) is 5.32 Å². The molecule has 1 aromatic rings. The van der Waals surface area contributed by atoms with E-state index in [0.717, 1.165) is 12.1 Å². The first-order valence-corrected chi connectivity index (χ1v) is 6.82. The highest BCUT2D eigenvalue weighted by Gasteiger charge is 2.37. The maximum atomic E-state index is 11.4. The van der Waals surface area contributed by atoms with Crippen molar-refractivity contribution >= 4 is 5.97 Å². The summed E-state index contributed by atoms with van der Waals surface area (Å²) in [5.41, 5.74) is 2.14. The number of rotatable bonds is 6. The molecule has 0 amide bonds.